The topological polar surface area (TPSA) is 154 Å². The summed E-state index contributed by atoms with van der Waals surface area (Å²) in [7, 11) is 0. The van der Waals surface area contributed by atoms with Crippen LogP contribution in [0.4, 0.5) is 0 Å². The Balaban J connectivity index is -0.0000000933. The number of halogens is 2. The molecule has 0 bridgehead atoms. The van der Waals surface area contributed by atoms with E-state index in [0.29, 0.717) is 19.5 Å². The minimum Gasteiger partial charge on any atom is -1.00 e. The van der Waals surface area contributed by atoms with Crippen molar-refractivity contribution in [3.05, 3.63) is 0 Å². The van der Waals surface area contributed by atoms with Crippen molar-refractivity contribution in [2.45, 2.75) is 32.2 Å². The first-order valence-corrected chi connectivity index (χ1v) is 6.08. The number of nitrogens with zero attached hydrogens (tertiary/aromatic N) is 1. The van der Waals surface area contributed by atoms with Gasteiger partial charge in [-0.3, -0.25) is 9.79 Å². The normalized spacial score (nSPS) is 10.8. The molecule has 0 aliphatic heterocycles. The van der Waals surface area contributed by atoms with Crippen molar-refractivity contribution in [2.24, 2.45) is 27.9 Å². The summed E-state index contributed by atoms with van der Waals surface area (Å²) < 4.78 is 0. The van der Waals surface area contributed by atoms with Gasteiger partial charge in [0.1, 0.15) is 6.04 Å². The van der Waals surface area contributed by atoms with Crippen LogP contribution in [0.1, 0.15) is 26.2 Å². The Morgan fingerprint density at radius 1 is 1.10 bits per heavy atom. The van der Waals surface area contributed by atoms with Crippen LogP contribution in [-0.4, -0.2) is 49.0 Å². The minimum atomic E-state index is -0.992. The van der Waals surface area contributed by atoms with Crippen LogP contribution < -0.4 is 47.7 Å². The SMILES string of the molecule is CC(CC(N)C(=O)O)=NCCCN.NCCCN.[Cl-].[Cl-].[Co+2]. The molecule has 10 heteroatoms. The summed E-state index contributed by atoms with van der Waals surface area (Å²) in [5, 5.41) is 8.50. The third kappa shape index (κ3) is 28.9. The number of carbonyl (C=O) groups is 1. The van der Waals surface area contributed by atoms with E-state index in [4.69, 9.17) is 28.0 Å². The van der Waals surface area contributed by atoms with Gasteiger partial charge in [0.05, 0.1) is 0 Å². The maximum atomic E-state index is 10.4. The zero-order valence-electron chi connectivity index (χ0n) is 12.2. The van der Waals surface area contributed by atoms with Gasteiger partial charge in [-0.15, -0.1) is 0 Å². The molecule has 21 heavy (non-hydrogen) atoms. The van der Waals surface area contributed by atoms with Crippen molar-refractivity contribution in [1.82, 2.24) is 0 Å². The van der Waals surface area contributed by atoms with Gasteiger partial charge in [-0.1, -0.05) is 0 Å². The third-order valence-electron chi connectivity index (χ3n) is 1.98. The Hall–Kier alpha value is 0.0665. The quantitative estimate of drug-likeness (QED) is 0.205. The Kier molecular flexibility index (Phi) is 39.2. The number of carboxylic acid groups (broad SMARTS) is 1. The van der Waals surface area contributed by atoms with E-state index >= 15 is 0 Å². The summed E-state index contributed by atoms with van der Waals surface area (Å²) in [5.41, 5.74) is 21.5. The number of hydrogen-bond donors (Lipinski definition) is 5. The van der Waals surface area contributed by atoms with Crippen LogP contribution in [-0.2, 0) is 21.6 Å². The van der Waals surface area contributed by atoms with Crippen LogP contribution >= 0.6 is 0 Å². The second-order valence-corrected chi connectivity index (χ2v) is 3.84. The number of nitrogens with two attached hydrogens (primary N) is 4. The molecule has 0 saturated carbocycles. The molecule has 9 N–H and O–H groups in total. The van der Waals surface area contributed by atoms with E-state index in [-0.39, 0.29) is 41.6 Å². The van der Waals surface area contributed by atoms with Gasteiger partial charge in [-0.25, -0.2) is 0 Å². The summed E-state index contributed by atoms with van der Waals surface area (Å²) in [6.07, 6.45) is 2.07. The average molecular weight is 391 g/mol. The third-order valence-corrected chi connectivity index (χ3v) is 1.98. The number of aliphatic imine (C=N–C) groups is 1. The van der Waals surface area contributed by atoms with Gasteiger partial charge < -0.3 is 52.9 Å². The molecule has 1 radical (unpaired) electrons. The monoisotopic (exact) mass is 390 g/mol. The number of aliphatic carboxylic acids is 1. The van der Waals surface area contributed by atoms with Crippen LogP contribution in [0.15, 0.2) is 4.99 Å². The van der Waals surface area contributed by atoms with E-state index in [0.717, 1.165) is 31.6 Å². The molecule has 0 heterocycles. The van der Waals surface area contributed by atoms with Gasteiger partial charge in [0.2, 0.25) is 0 Å². The summed E-state index contributed by atoms with van der Waals surface area (Å²) in [4.78, 5) is 14.5. The Morgan fingerprint density at radius 2 is 1.52 bits per heavy atom. The van der Waals surface area contributed by atoms with E-state index in [1.165, 1.54) is 0 Å². The molecule has 0 aromatic carbocycles. The number of hydrogen-bond acceptors (Lipinski definition) is 6. The van der Waals surface area contributed by atoms with Crippen molar-refractivity contribution in [1.29, 1.82) is 0 Å². The standard InChI is InChI=1S/C8H17N3O2.C3H10N2.2ClH.Co/c1-6(11-4-2-3-9)5-7(10)8(12)13;4-2-1-3-5;;;/h7H,2-5,9-10H2,1H3,(H,12,13);1-5H2;2*1H;/q;;;;+2/p-2. The first kappa shape index (κ1) is 32.9. The molecular weight excluding hydrogens is 364 g/mol. The summed E-state index contributed by atoms with van der Waals surface area (Å²) >= 11 is 0. The second-order valence-electron chi connectivity index (χ2n) is 3.84. The molecule has 0 aliphatic rings. The van der Waals surface area contributed by atoms with Crippen LogP contribution in [0.5, 0.6) is 0 Å². The second kappa shape index (κ2) is 25.0. The summed E-state index contributed by atoms with van der Waals surface area (Å²) in [6.45, 7) is 4.46. The maximum Gasteiger partial charge on any atom is 2.00 e. The Morgan fingerprint density at radius 3 is 1.81 bits per heavy atom. The van der Waals surface area contributed by atoms with Crippen molar-refractivity contribution in [3.63, 3.8) is 0 Å². The maximum absolute atomic E-state index is 10.4. The van der Waals surface area contributed by atoms with Crippen molar-refractivity contribution in [2.75, 3.05) is 26.2 Å². The summed E-state index contributed by atoms with van der Waals surface area (Å²) in [5.74, 6) is -0.992. The molecule has 0 aromatic rings. The molecule has 0 aliphatic carbocycles. The molecule has 0 spiro atoms. The summed E-state index contributed by atoms with van der Waals surface area (Å²) in [6, 6.07) is -0.846. The average Bonchev–Trinajstić information content (AvgIpc) is 2.31. The Labute approximate surface area is 149 Å². The Bertz CT molecular complexity index is 247. The molecule has 0 saturated heterocycles. The largest absolute Gasteiger partial charge is 2.00 e. The molecular formula is C11H27Cl2CoN5O2. The fraction of sp³-hybridized carbons (Fsp3) is 0.818. The van der Waals surface area contributed by atoms with Gasteiger partial charge in [-0.05, 0) is 39.4 Å². The zero-order chi connectivity index (χ0) is 14.4. The number of rotatable bonds is 8. The van der Waals surface area contributed by atoms with Gasteiger partial charge in [0.25, 0.3) is 0 Å². The predicted octanol–water partition coefficient (Wildman–Crippen LogP) is -7.10. The fourth-order valence-corrected chi connectivity index (χ4v) is 0.949. The predicted molar refractivity (Wildman–Crippen MR) is 74.6 cm³/mol. The van der Waals surface area contributed by atoms with Gasteiger partial charge >= 0.3 is 22.7 Å². The van der Waals surface area contributed by atoms with E-state index in [2.05, 4.69) is 4.99 Å². The molecule has 0 amide bonds. The molecule has 0 rings (SSSR count). The van der Waals surface area contributed by atoms with Crippen LogP contribution in [0.2, 0.25) is 0 Å². The molecule has 7 nitrogen and oxygen atoms in total. The van der Waals surface area contributed by atoms with Crippen LogP contribution in [0.3, 0.4) is 0 Å². The van der Waals surface area contributed by atoms with E-state index in [1.807, 2.05) is 0 Å². The molecule has 0 aromatic heterocycles. The van der Waals surface area contributed by atoms with E-state index in [9.17, 15) is 4.79 Å². The van der Waals surface area contributed by atoms with Crippen molar-refractivity contribution < 1.29 is 51.5 Å². The molecule has 0 fully saturated rings. The first-order valence-electron chi connectivity index (χ1n) is 6.08. The van der Waals surface area contributed by atoms with Gasteiger partial charge in [-0.2, -0.15) is 0 Å². The number of carboxylic acids is 1. The van der Waals surface area contributed by atoms with Crippen LogP contribution in [0, 0.1) is 0 Å². The van der Waals surface area contributed by atoms with Crippen molar-refractivity contribution in [3.8, 4) is 0 Å². The molecule has 1 atom stereocenters. The molecule has 131 valence electrons. The minimum absolute atomic E-state index is 0. The fourth-order valence-electron chi connectivity index (χ4n) is 0.949. The van der Waals surface area contributed by atoms with Gasteiger partial charge in [0, 0.05) is 18.7 Å². The molecule has 1 unspecified atom stereocenters. The van der Waals surface area contributed by atoms with Gasteiger partial charge in [0.15, 0.2) is 0 Å². The van der Waals surface area contributed by atoms with E-state index in [1.54, 1.807) is 6.92 Å². The van der Waals surface area contributed by atoms with Crippen molar-refractivity contribution >= 4 is 11.7 Å². The first-order chi connectivity index (χ1) is 8.49. The zero-order valence-corrected chi connectivity index (χ0v) is 14.8. The van der Waals surface area contributed by atoms with Crippen LogP contribution in [0.25, 0.3) is 0 Å². The smallest absolute Gasteiger partial charge is 1.00 e. The van der Waals surface area contributed by atoms with E-state index < -0.39 is 12.0 Å².